The number of anilines is 1. The fourth-order valence-corrected chi connectivity index (χ4v) is 1.52. The van der Waals surface area contributed by atoms with Gasteiger partial charge in [0.1, 0.15) is 16.8 Å². The fraction of sp³-hybridized carbons (Fsp3) is 0.333. The average molecular weight is 285 g/mol. The van der Waals surface area contributed by atoms with E-state index in [4.69, 9.17) is 5.73 Å². The van der Waals surface area contributed by atoms with Crippen molar-refractivity contribution in [1.29, 1.82) is 0 Å². The lowest BCUT2D eigenvalue weighted by Gasteiger charge is -2.14. The van der Waals surface area contributed by atoms with Gasteiger partial charge in [-0.15, -0.1) is 0 Å². The number of esters is 2. The Balaban J connectivity index is 3.54. The minimum Gasteiger partial charge on any atom is -0.506 e. The Morgan fingerprint density at radius 1 is 0.900 bits per heavy atom. The molecule has 0 aliphatic heterocycles. The molecular formula is C12H15NO7. The number of aromatic hydroxyl groups is 3. The number of rotatable bonds is 4. The first-order valence-electron chi connectivity index (χ1n) is 5.77. The molecule has 1 rings (SSSR count). The molecule has 110 valence electrons. The topological polar surface area (TPSA) is 139 Å². The van der Waals surface area contributed by atoms with Crippen molar-refractivity contribution in [3.63, 3.8) is 0 Å². The van der Waals surface area contributed by atoms with Gasteiger partial charge in [0.15, 0.2) is 17.2 Å². The van der Waals surface area contributed by atoms with E-state index in [1.54, 1.807) is 0 Å². The monoisotopic (exact) mass is 285 g/mol. The Kier molecular flexibility index (Phi) is 4.63. The fourth-order valence-electron chi connectivity index (χ4n) is 1.52. The highest BCUT2D eigenvalue weighted by molar-refractivity contribution is 6.06. The number of hydrogen-bond donors (Lipinski definition) is 4. The van der Waals surface area contributed by atoms with Gasteiger partial charge in [0.05, 0.1) is 13.2 Å². The standard InChI is InChI=1S/C12H15NO7/c1-3-19-11(17)5-8(14)6(12(18)20-4-2)10(16)7(13)9(5)15/h14-16H,3-4,13H2,1-2H3. The molecule has 20 heavy (non-hydrogen) atoms. The van der Waals surface area contributed by atoms with Crippen LogP contribution in [0, 0.1) is 0 Å². The van der Waals surface area contributed by atoms with Gasteiger partial charge in [-0.05, 0) is 13.8 Å². The molecule has 0 saturated heterocycles. The molecular weight excluding hydrogens is 270 g/mol. The Labute approximate surface area is 114 Å². The Morgan fingerprint density at radius 3 is 1.55 bits per heavy atom. The summed E-state index contributed by atoms with van der Waals surface area (Å²) in [5.74, 6) is -4.86. The van der Waals surface area contributed by atoms with Crippen molar-refractivity contribution in [1.82, 2.24) is 0 Å². The first kappa shape index (κ1) is 15.4. The minimum absolute atomic E-state index is 0.0206. The van der Waals surface area contributed by atoms with Crippen LogP contribution in [0.1, 0.15) is 34.6 Å². The van der Waals surface area contributed by atoms with Crippen molar-refractivity contribution in [3.05, 3.63) is 11.1 Å². The van der Waals surface area contributed by atoms with Crippen LogP contribution in [0.3, 0.4) is 0 Å². The minimum atomic E-state index is -1.08. The third kappa shape index (κ3) is 2.53. The molecule has 0 radical (unpaired) electrons. The number of nitrogens with two attached hydrogens (primary N) is 1. The number of phenolic OH excluding ortho intramolecular Hbond substituents is 3. The van der Waals surface area contributed by atoms with Crippen LogP contribution in [0.5, 0.6) is 17.2 Å². The summed E-state index contributed by atoms with van der Waals surface area (Å²) in [6, 6.07) is 0. The summed E-state index contributed by atoms with van der Waals surface area (Å²) in [7, 11) is 0. The van der Waals surface area contributed by atoms with Gasteiger partial charge in [-0.25, -0.2) is 9.59 Å². The molecule has 0 unspecified atom stereocenters. The molecule has 0 aromatic heterocycles. The SMILES string of the molecule is CCOC(=O)c1c(O)c(N)c(O)c(C(=O)OCC)c1O. The number of phenols is 3. The van der Waals surface area contributed by atoms with Crippen LogP contribution in [0.4, 0.5) is 5.69 Å². The van der Waals surface area contributed by atoms with Crippen LogP contribution in [0.15, 0.2) is 0 Å². The van der Waals surface area contributed by atoms with Crippen molar-refractivity contribution >= 4 is 17.6 Å². The van der Waals surface area contributed by atoms with Gasteiger partial charge in [0, 0.05) is 0 Å². The normalized spacial score (nSPS) is 10.1. The van der Waals surface area contributed by atoms with Crippen LogP contribution in [-0.4, -0.2) is 40.5 Å². The van der Waals surface area contributed by atoms with E-state index in [1.807, 2.05) is 0 Å². The predicted octanol–water partition coefficient (Wildman–Crippen LogP) is 0.739. The third-order valence-electron chi connectivity index (χ3n) is 2.42. The number of nitrogen functional groups attached to an aromatic ring is 1. The second kappa shape index (κ2) is 6.00. The summed E-state index contributed by atoms with van der Waals surface area (Å²) >= 11 is 0. The van der Waals surface area contributed by atoms with Gasteiger partial charge < -0.3 is 30.5 Å². The van der Waals surface area contributed by atoms with Crippen molar-refractivity contribution in [2.24, 2.45) is 0 Å². The second-order valence-electron chi connectivity index (χ2n) is 3.65. The van der Waals surface area contributed by atoms with Crippen molar-refractivity contribution in [2.45, 2.75) is 13.8 Å². The molecule has 5 N–H and O–H groups in total. The number of carbonyl (C=O) groups excluding carboxylic acids is 2. The van der Waals surface area contributed by atoms with E-state index >= 15 is 0 Å². The summed E-state index contributed by atoms with van der Waals surface area (Å²) in [4.78, 5) is 23.3. The molecule has 0 bridgehead atoms. The zero-order valence-corrected chi connectivity index (χ0v) is 11.0. The van der Waals surface area contributed by atoms with E-state index in [0.29, 0.717) is 0 Å². The second-order valence-corrected chi connectivity index (χ2v) is 3.65. The molecule has 1 aromatic carbocycles. The zero-order chi connectivity index (χ0) is 15.4. The molecule has 8 nitrogen and oxygen atoms in total. The lowest BCUT2D eigenvalue weighted by Crippen LogP contribution is -2.12. The molecule has 0 spiro atoms. The van der Waals surface area contributed by atoms with E-state index in [0.717, 1.165) is 0 Å². The van der Waals surface area contributed by atoms with Crippen LogP contribution >= 0.6 is 0 Å². The first-order valence-corrected chi connectivity index (χ1v) is 5.77. The lowest BCUT2D eigenvalue weighted by atomic mass is 10.0. The summed E-state index contributed by atoms with van der Waals surface area (Å²) in [5.41, 5.74) is 3.36. The Bertz CT molecular complexity index is 508. The Hall–Kier alpha value is -2.64. The zero-order valence-electron chi connectivity index (χ0n) is 11.0. The maximum atomic E-state index is 11.7. The van der Waals surface area contributed by atoms with E-state index in [9.17, 15) is 24.9 Å². The highest BCUT2D eigenvalue weighted by Gasteiger charge is 2.31. The van der Waals surface area contributed by atoms with Crippen LogP contribution in [0.25, 0.3) is 0 Å². The quantitative estimate of drug-likeness (QED) is 0.275. The van der Waals surface area contributed by atoms with E-state index < -0.39 is 46.0 Å². The van der Waals surface area contributed by atoms with Crippen molar-refractivity contribution < 1.29 is 34.4 Å². The van der Waals surface area contributed by atoms with Crippen LogP contribution in [0.2, 0.25) is 0 Å². The number of hydrogen-bond acceptors (Lipinski definition) is 8. The molecule has 0 fully saturated rings. The van der Waals surface area contributed by atoms with Gasteiger partial charge >= 0.3 is 11.9 Å². The molecule has 0 amide bonds. The maximum absolute atomic E-state index is 11.7. The molecule has 8 heteroatoms. The van der Waals surface area contributed by atoms with Gasteiger partial charge in [0.25, 0.3) is 0 Å². The summed E-state index contributed by atoms with van der Waals surface area (Å²) in [5, 5.41) is 29.3. The number of benzene rings is 1. The lowest BCUT2D eigenvalue weighted by molar-refractivity contribution is 0.0515. The molecule has 0 aliphatic rings. The Morgan fingerprint density at radius 2 is 1.25 bits per heavy atom. The first-order chi connectivity index (χ1) is 9.36. The molecule has 0 aliphatic carbocycles. The number of carbonyl (C=O) groups is 2. The van der Waals surface area contributed by atoms with Crippen LogP contribution < -0.4 is 5.73 Å². The molecule has 1 aromatic rings. The third-order valence-corrected chi connectivity index (χ3v) is 2.42. The van der Waals surface area contributed by atoms with Gasteiger partial charge in [-0.2, -0.15) is 0 Å². The smallest absolute Gasteiger partial charge is 0.345 e. The molecule has 0 atom stereocenters. The van der Waals surface area contributed by atoms with E-state index in [-0.39, 0.29) is 13.2 Å². The van der Waals surface area contributed by atoms with Crippen LogP contribution in [-0.2, 0) is 9.47 Å². The maximum Gasteiger partial charge on any atom is 0.345 e. The summed E-state index contributed by atoms with van der Waals surface area (Å²) in [6.07, 6.45) is 0. The largest absolute Gasteiger partial charge is 0.506 e. The summed E-state index contributed by atoms with van der Waals surface area (Å²) < 4.78 is 9.26. The van der Waals surface area contributed by atoms with Gasteiger partial charge in [-0.1, -0.05) is 0 Å². The highest BCUT2D eigenvalue weighted by atomic mass is 16.5. The molecule has 0 heterocycles. The van der Waals surface area contributed by atoms with Crippen molar-refractivity contribution in [2.75, 3.05) is 18.9 Å². The predicted molar refractivity (Wildman–Crippen MR) is 67.8 cm³/mol. The highest BCUT2D eigenvalue weighted by Crippen LogP contribution is 2.44. The summed E-state index contributed by atoms with van der Waals surface area (Å²) in [6.45, 7) is 2.99. The van der Waals surface area contributed by atoms with Crippen molar-refractivity contribution in [3.8, 4) is 17.2 Å². The van der Waals surface area contributed by atoms with E-state index in [1.165, 1.54) is 13.8 Å². The van der Waals surface area contributed by atoms with Gasteiger partial charge in [-0.3, -0.25) is 0 Å². The number of ether oxygens (including phenoxy) is 2. The van der Waals surface area contributed by atoms with Gasteiger partial charge in [0.2, 0.25) is 0 Å². The molecule has 0 saturated carbocycles. The average Bonchev–Trinajstić information content (AvgIpc) is 2.37. The van der Waals surface area contributed by atoms with E-state index in [2.05, 4.69) is 9.47 Å².